The smallest absolute Gasteiger partial charge is 0.318 e. The van der Waals surface area contributed by atoms with Crippen molar-refractivity contribution in [2.24, 2.45) is 0 Å². The van der Waals surface area contributed by atoms with E-state index in [1.807, 2.05) is 0 Å². The van der Waals surface area contributed by atoms with Gasteiger partial charge in [-0.3, -0.25) is 0 Å². The Kier molecular flexibility index (Phi) is 2.78. The molecule has 0 spiro atoms. The quantitative estimate of drug-likeness (QED) is 0.749. The highest BCUT2D eigenvalue weighted by atomic mass is 16.5. The Bertz CT molecular complexity index is 300. The molecule has 1 aliphatic rings. The van der Waals surface area contributed by atoms with E-state index in [2.05, 4.69) is 9.97 Å². The molecule has 0 aromatic carbocycles. The molecule has 5 heteroatoms. The summed E-state index contributed by atoms with van der Waals surface area (Å²) in [6.45, 7) is 1.49. The predicted octanol–water partition coefficient (Wildman–Crippen LogP) is 0.617. The molecule has 14 heavy (non-hydrogen) atoms. The van der Waals surface area contributed by atoms with Crippen molar-refractivity contribution in [1.82, 2.24) is 9.97 Å². The van der Waals surface area contributed by atoms with E-state index < -0.39 is 0 Å². The van der Waals surface area contributed by atoms with Gasteiger partial charge in [-0.15, -0.1) is 0 Å². The van der Waals surface area contributed by atoms with E-state index in [0.29, 0.717) is 11.8 Å². The first kappa shape index (κ1) is 9.21. The molecule has 1 aliphatic heterocycles. The van der Waals surface area contributed by atoms with Crippen LogP contribution in [-0.4, -0.2) is 29.3 Å². The number of aromatic nitrogens is 2. The normalized spacial score (nSPS) is 18.0. The van der Waals surface area contributed by atoms with Gasteiger partial charge in [-0.1, -0.05) is 0 Å². The highest BCUT2D eigenvalue weighted by Crippen LogP contribution is 2.14. The summed E-state index contributed by atoms with van der Waals surface area (Å²) in [7, 11) is 0. The van der Waals surface area contributed by atoms with Crippen LogP contribution in [0.4, 0.5) is 5.82 Å². The van der Waals surface area contributed by atoms with Gasteiger partial charge in [0.1, 0.15) is 11.9 Å². The molecule has 0 bridgehead atoms. The third-order valence-electron chi connectivity index (χ3n) is 2.10. The summed E-state index contributed by atoms with van der Waals surface area (Å²) < 4.78 is 10.8. The van der Waals surface area contributed by atoms with Gasteiger partial charge < -0.3 is 15.2 Å². The van der Waals surface area contributed by atoms with Crippen LogP contribution < -0.4 is 10.5 Å². The fraction of sp³-hybridized carbons (Fsp3) is 0.556. The minimum atomic E-state index is 0.158. The number of hydrogen-bond donors (Lipinski definition) is 1. The van der Waals surface area contributed by atoms with Gasteiger partial charge in [0.05, 0.1) is 13.2 Å². The van der Waals surface area contributed by atoms with E-state index >= 15 is 0 Å². The largest absolute Gasteiger partial charge is 0.460 e. The molecular weight excluding hydrogens is 182 g/mol. The standard InChI is InChI=1S/C9H13N3O2/c10-8-1-4-11-9(12-8)14-7-2-5-13-6-3-7/h1,4,7H,2-3,5-6H2,(H2,10,11,12). The van der Waals surface area contributed by atoms with Crippen molar-refractivity contribution in [3.8, 4) is 6.01 Å². The SMILES string of the molecule is Nc1ccnc(OC2CCOCC2)n1. The first-order valence-corrected chi connectivity index (χ1v) is 4.67. The Morgan fingerprint density at radius 3 is 2.93 bits per heavy atom. The molecule has 0 aliphatic carbocycles. The summed E-state index contributed by atoms with van der Waals surface area (Å²) in [4.78, 5) is 7.95. The maximum absolute atomic E-state index is 5.55. The van der Waals surface area contributed by atoms with E-state index in [1.165, 1.54) is 0 Å². The second kappa shape index (κ2) is 4.23. The van der Waals surface area contributed by atoms with Crippen molar-refractivity contribution in [1.29, 1.82) is 0 Å². The molecule has 1 aromatic rings. The van der Waals surface area contributed by atoms with Crippen molar-refractivity contribution >= 4 is 5.82 Å². The Labute approximate surface area is 82.3 Å². The van der Waals surface area contributed by atoms with Gasteiger partial charge in [0, 0.05) is 19.0 Å². The summed E-state index contributed by atoms with van der Waals surface area (Å²) >= 11 is 0. The van der Waals surface area contributed by atoms with Crippen LogP contribution in [0.5, 0.6) is 6.01 Å². The number of hydrogen-bond acceptors (Lipinski definition) is 5. The van der Waals surface area contributed by atoms with Crippen molar-refractivity contribution in [3.05, 3.63) is 12.3 Å². The first-order chi connectivity index (χ1) is 6.84. The van der Waals surface area contributed by atoms with Crippen LogP contribution in [-0.2, 0) is 4.74 Å². The van der Waals surface area contributed by atoms with Crippen LogP contribution in [0.3, 0.4) is 0 Å². The van der Waals surface area contributed by atoms with Gasteiger partial charge in [0.2, 0.25) is 0 Å². The second-order valence-electron chi connectivity index (χ2n) is 3.19. The number of rotatable bonds is 2. The third kappa shape index (κ3) is 2.32. The average molecular weight is 195 g/mol. The maximum Gasteiger partial charge on any atom is 0.318 e. The van der Waals surface area contributed by atoms with Crippen molar-refractivity contribution in [2.75, 3.05) is 18.9 Å². The Balaban J connectivity index is 1.95. The van der Waals surface area contributed by atoms with E-state index in [9.17, 15) is 0 Å². The van der Waals surface area contributed by atoms with Gasteiger partial charge in [-0.25, -0.2) is 4.98 Å². The lowest BCUT2D eigenvalue weighted by Crippen LogP contribution is -2.26. The molecule has 0 radical (unpaired) electrons. The maximum atomic E-state index is 5.55. The van der Waals surface area contributed by atoms with E-state index in [0.717, 1.165) is 26.1 Å². The number of nitrogens with two attached hydrogens (primary N) is 1. The monoisotopic (exact) mass is 195 g/mol. The fourth-order valence-corrected chi connectivity index (χ4v) is 1.35. The molecule has 0 atom stereocenters. The summed E-state index contributed by atoms with van der Waals surface area (Å²) in [5.41, 5.74) is 5.51. The molecule has 2 N–H and O–H groups in total. The summed E-state index contributed by atoms with van der Waals surface area (Å²) in [5.74, 6) is 0.432. The minimum Gasteiger partial charge on any atom is -0.460 e. The molecule has 5 nitrogen and oxygen atoms in total. The zero-order chi connectivity index (χ0) is 9.80. The van der Waals surface area contributed by atoms with Crippen LogP contribution in [0.15, 0.2) is 12.3 Å². The topological polar surface area (TPSA) is 70.3 Å². The number of ether oxygens (including phenoxy) is 2. The first-order valence-electron chi connectivity index (χ1n) is 4.67. The predicted molar refractivity (Wildman–Crippen MR) is 50.9 cm³/mol. The molecule has 1 saturated heterocycles. The third-order valence-corrected chi connectivity index (χ3v) is 2.10. The second-order valence-corrected chi connectivity index (χ2v) is 3.19. The Morgan fingerprint density at radius 1 is 1.43 bits per heavy atom. The number of nitrogen functional groups attached to an aromatic ring is 1. The average Bonchev–Trinajstić information content (AvgIpc) is 2.19. The molecule has 2 rings (SSSR count). The van der Waals surface area contributed by atoms with Gasteiger partial charge in [0.15, 0.2) is 0 Å². The van der Waals surface area contributed by atoms with Crippen LogP contribution in [0.25, 0.3) is 0 Å². The highest BCUT2D eigenvalue weighted by Gasteiger charge is 2.16. The van der Waals surface area contributed by atoms with Crippen molar-refractivity contribution in [3.63, 3.8) is 0 Å². The van der Waals surface area contributed by atoms with Crippen LogP contribution in [0, 0.1) is 0 Å². The van der Waals surface area contributed by atoms with Crippen molar-refractivity contribution in [2.45, 2.75) is 18.9 Å². The van der Waals surface area contributed by atoms with Gasteiger partial charge in [-0.2, -0.15) is 4.98 Å². The van der Waals surface area contributed by atoms with Crippen molar-refractivity contribution < 1.29 is 9.47 Å². The lowest BCUT2D eigenvalue weighted by Gasteiger charge is -2.21. The summed E-state index contributed by atoms with van der Waals surface area (Å²) in [5, 5.41) is 0. The van der Waals surface area contributed by atoms with Gasteiger partial charge in [-0.05, 0) is 6.07 Å². The van der Waals surface area contributed by atoms with Crippen LogP contribution in [0.2, 0.25) is 0 Å². The minimum absolute atomic E-state index is 0.158. The lowest BCUT2D eigenvalue weighted by molar-refractivity contribution is 0.0218. The Morgan fingerprint density at radius 2 is 2.21 bits per heavy atom. The molecule has 2 heterocycles. The summed E-state index contributed by atoms with van der Waals surface area (Å²) in [6.07, 6.45) is 3.53. The van der Waals surface area contributed by atoms with E-state index in [1.54, 1.807) is 12.3 Å². The Hall–Kier alpha value is -1.36. The molecule has 0 unspecified atom stereocenters. The number of nitrogens with zero attached hydrogens (tertiary/aromatic N) is 2. The number of anilines is 1. The molecular formula is C9H13N3O2. The molecule has 1 aromatic heterocycles. The van der Waals surface area contributed by atoms with Crippen LogP contribution in [0.1, 0.15) is 12.8 Å². The fourth-order valence-electron chi connectivity index (χ4n) is 1.35. The molecule has 1 fully saturated rings. The molecule has 76 valence electrons. The molecule has 0 amide bonds. The van der Waals surface area contributed by atoms with Crippen LogP contribution >= 0.6 is 0 Å². The highest BCUT2D eigenvalue weighted by molar-refractivity contribution is 5.26. The van der Waals surface area contributed by atoms with E-state index in [-0.39, 0.29) is 6.10 Å². The molecule has 0 saturated carbocycles. The van der Waals surface area contributed by atoms with Gasteiger partial charge >= 0.3 is 6.01 Å². The van der Waals surface area contributed by atoms with E-state index in [4.69, 9.17) is 15.2 Å². The lowest BCUT2D eigenvalue weighted by atomic mass is 10.2. The zero-order valence-corrected chi connectivity index (χ0v) is 7.85. The summed E-state index contributed by atoms with van der Waals surface area (Å²) in [6, 6.07) is 1.99. The van der Waals surface area contributed by atoms with Gasteiger partial charge in [0.25, 0.3) is 0 Å². The zero-order valence-electron chi connectivity index (χ0n) is 7.85.